The molecule has 5 rings (SSSR count). The number of oxazole rings is 1. The minimum Gasteiger partial charge on any atom is -0.497 e. The van der Waals surface area contributed by atoms with Crippen molar-refractivity contribution in [1.82, 2.24) is 9.97 Å². The van der Waals surface area contributed by atoms with Gasteiger partial charge < -0.3 is 14.1 Å². The van der Waals surface area contributed by atoms with E-state index in [0.717, 1.165) is 33.7 Å². The molecule has 4 aromatic rings. The SMILES string of the molecule is COc1ccc(CN2C(=O)CC(c3ncc(C)o3)=Cc3ccc(-c4ccc(F)nc4)cc32)cc1. The largest absolute Gasteiger partial charge is 0.497 e. The number of carbonyl (C=O) groups is 1. The van der Waals surface area contributed by atoms with E-state index in [2.05, 4.69) is 9.97 Å². The first-order valence-electron chi connectivity index (χ1n) is 10.8. The van der Waals surface area contributed by atoms with Crippen LogP contribution >= 0.6 is 0 Å². The molecule has 0 unspecified atom stereocenters. The molecule has 0 spiro atoms. The Kier molecular flexibility index (Phi) is 5.67. The molecular weight excluding hydrogens is 433 g/mol. The lowest BCUT2D eigenvalue weighted by molar-refractivity contribution is -0.117. The Balaban J connectivity index is 1.59. The maximum atomic E-state index is 13.5. The number of anilines is 1. The predicted octanol–water partition coefficient (Wildman–Crippen LogP) is 5.67. The first kappa shape index (κ1) is 21.6. The van der Waals surface area contributed by atoms with E-state index in [0.29, 0.717) is 23.8 Å². The topological polar surface area (TPSA) is 68.5 Å². The highest BCUT2D eigenvalue weighted by atomic mass is 19.1. The maximum Gasteiger partial charge on any atom is 0.231 e. The Hall–Kier alpha value is -4.26. The summed E-state index contributed by atoms with van der Waals surface area (Å²) in [6.45, 7) is 2.20. The number of hydrogen-bond acceptors (Lipinski definition) is 5. The highest BCUT2D eigenvalue weighted by Gasteiger charge is 2.26. The molecule has 1 amide bonds. The molecule has 0 N–H and O–H groups in total. The summed E-state index contributed by atoms with van der Waals surface area (Å²) in [5.74, 6) is 1.26. The number of rotatable bonds is 5. The Bertz CT molecular complexity index is 1380. The minimum absolute atomic E-state index is 0.0777. The zero-order chi connectivity index (χ0) is 23.7. The van der Waals surface area contributed by atoms with E-state index in [-0.39, 0.29) is 12.3 Å². The molecule has 0 saturated heterocycles. The van der Waals surface area contributed by atoms with Crippen LogP contribution in [0.5, 0.6) is 5.75 Å². The number of hydrogen-bond donors (Lipinski definition) is 0. The van der Waals surface area contributed by atoms with Crippen LogP contribution in [-0.2, 0) is 11.3 Å². The van der Waals surface area contributed by atoms with E-state index >= 15 is 0 Å². The molecular formula is C27H22FN3O3. The lowest BCUT2D eigenvalue weighted by Gasteiger charge is -2.24. The van der Waals surface area contributed by atoms with Crippen molar-refractivity contribution in [1.29, 1.82) is 0 Å². The molecule has 2 aromatic heterocycles. The second-order valence-corrected chi connectivity index (χ2v) is 8.09. The normalized spacial score (nSPS) is 13.3. The third-order valence-electron chi connectivity index (χ3n) is 5.75. The van der Waals surface area contributed by atoms with Crippen LogP contribution in [0.25, 0.3) is 22.8 Å². The van der Waals surface area contributed by atoms with Gasteiger partial charge in [-0.05, 0) is 60.0 Å². The van der Waals surface area contributed by atoms with Gasteiger partial charge in [-0.1, -0.05) is 24.3 Å². The summed E-state index contributed by atoms with van der Waals surface area (Å²) in [5, 5.41) is 0. The molecule has 170 valence electrons. The molecule has 0 saturated carbocycles. The van der Waals surface area contributed by atoms with Crippen LogP contribution < -0.4 is 9.64 Å². The van der Waals surface area contributed by atoms with Gasteiger partial charge in [-0.3, -0.25) is 4.79 Å². The Morgan fingerprint density at radius 3 is 2.50 bits per heavy atom. The van der Waals surface area contributed by atoms with Crippen molar-refractivity contribution in [2.45, 2.75) is 19.9 Å². The molecule has 1 aliphatic heterocycles. The summed E-state index contributed by atoms with van der Waals surface area (Å²) < 4.78 is 24.3. The molecule has 7 heteroatoms. The van der Waals surface area contributed by atoms with Crippen molar-refractivity contribution < 1.29 is 18.3 Å². The molecule has 2 aromatic carbocycles. The van der Waals surface area contributed by atoms with E-state index in [1.165, 1.54) is 12.3 Å². The lowest BCUT2D eigenvalue weighted by atomic mass is 10.0. The van der Waals surface area contributed by atoms with E-state index in [9.17, 15) is 9.18 Å². The van der Waals surface area contributed by atoms with Gasteiger partial charge in [-0.15, -0.1) is 0 Å². The van der Waals surface area contributed by atoms with Gasteiger partial charge in [0.05, 0.1) is 32.0 Å². The zero-order valence-corrected chi connectivity index (χ0v) is 18.8. The highest BCUT2D eigenvalue weighted by Crippen LogP contribution is 2.36. The fraction of sp³-hybridized carbons (Fsp3) is 0.148. The number of amides is 1. The quantitative estimate of drug-likeness (QED) is 0.363. The van der Waals surface area contributed by atoms with Gasteiger partial charge in [0.2, 0.25) is 17.7 Å². The number of nitrogens with zero attached hydrogens (tertiary/aromatic N) is 3. The average Bonchev–Trinajstić information content (AvgIpc) is 3.24. The van der Waals surface area contributed by atoms with Crippen LogP contribution in [0.1, 0.15) is 29.2 Å². The van der Waals surface area contributed by atoms with Crippen LogP contribution in [0.2, 0.25) is 0 Å². The third kappa shape index (κ3) is 4.32. The van der Waals surface area contributed by atoms with Crippen LogP contribution in [-0.4, -0.2) is 23.0 Å². The number of benzene rings is 2. The average molecular weight is 455 g/mol. The number of fused-ring (bicyclic) bond motifs is 1. The Morgan fingerprint density at radius 1 is 1.03 bits per heavy atom. The van der Waals surface area contributed by atoms with Crippen LogP contribution in [0.3, 0.4) is 0 Å². The molecule has 3 heterocycles. The molecule has 0 aliphatic carbocycles. The van der Waals surface area contributed by atoms with Gasteiger partial charge in [0.1, 0.15) is 11.5 Å². The molecule has 1 aliphatic rings. The molecule has 0 atom stereocenters. The number of ether oxygens (including phenoxy) is 1. The Morgan fingerprint density at radius 2 is 1.82 bits per heavy atom. The first-order valence-corrected chi connectivity index (χ1v) is 10.8. The number of aromatic nitrogens is 2. The summed E-state index contributed by atoms with van der Waals surface area (Å²) in [5.41, 5.74) is 4.89. The smallest absolute Gasteiger partial charge is 0.231 e. The number of halogens is 1. The molecule has 6 nitrogen and oxygen atoms in total. The Labute approximate surface area is 196 Å². The second kappa shape index (κ2) is 8.94. The van der Waals surface area contributed by atoms with Gasteiger partial charge >= 0.3 is 0 Å². The number of pyridine rings is 1. The van der Waals surface area contributed by atoms with Crippen molar-refractivity contribution in [3.63, 3.8) is 0 Å². The maximum absolute atomic E-state index is 13.5. The van der Waals surface area contributed by atoms with Gasteiger partial charge in [0.15, 0.2) is 0 Å². The minimum atomic E-state index is -0.538. The highest BCUT2D eigenvalue weighted by molar-refractivity contribution is 6.06. The van der Waals surface area contributed by atoms with Crippen molar-refractivity contribution in [2.75, 3.05) is 12.0 Å². The zero-order valence-electron chi connectivity index (χ0n) is 18.8. The fourth-order valence-corrected chi connectivity index (χ4v) is 3.98. The summed E-state index contributed by atoms with van der Waals surface area (Å²) >= 11 is 0. The summed E-state index contributed by atoms with van der Waals surface area (Å²) in [6.07, 6.45) is 5.23. The van der Waals surface area contributed by atoms with E-state index in [1.807, 2.05) is 55.5 Å². The summed E-state index contributed by atoms with van der Waals surface area (Å²) in [4.78, 5) is 23.4. The number of aryl methyl sites for hydroxylation is 1. The lowest BCUT2D eigenvalue weighted by Crippen LogP contribution is -2.30. The predicted molar refractivity (Wildman–Crippen MR) is 128 cm³/mol. The summed E-state index contributed by atoms with van der Waals surface area (Å²) in [6, 6.07) is 16.4. The van der Waals surface area contributed by atoms with Crippen molar-refractivity contribution in [3.05, 3.63) is 95.7 Å². The van der Waals surface area contributed by atoms with Crippen molar-refractivity contribution in [2.24, 2.45) is 0 Å². The van der Waals surface area contributed by atoms with Crippen LogP contribution in [0.15, 0.2) is 71.4 Å². The van der Waals surface area contributed by atoms with Crippen molar-refractivity contribution >= 4 is 23.2 Å². The van der Waals surface area contributed by atoms with Gasteiger partial charge in [-0.25, -0.2) is 9.97 Å². The van der Waals surface area contributed by atoms with Gasteiger partial charge in [-0.2, -0.15) is 4.39 Å². The molecule has 0 radical (unpaired) electrons. The standard InChI is InChI=1S/C27H22FN3O3/c1-17-14-30-27(34-17)22-11-20-6-5-19(21-7-10-25(28)29-15-21)12-24(20)31(26(32)13-22)16-18-3-8-23(33-2)9-4-18/h3-12,14-15H,13,16H2,1-2H3. The van der Waals surface area contributed by atoms with E-state index in [1.54, 1.807) is 24.3 Å². The van der Waals surface area contributed by atoms with Crippen molar-refractivity contribution in [3.8, 4) is 16.9 Å². The molecule has 0 fully saturated rings. The molecule has 34 heavy (non-hydrogen) atoms. The number of methoxy groups -OCH3 is 1. The van der Waals surface area contributed by atoms with Crippen LogP contribution in [0, 0.1) is 12.9 Å². The van der Waals surface area contributed by atoms with Gasteiger partial charge in [0.25, 0.3) is 0 Å². The number of carbonyl (C=O) groups excluding carboxylic acids is 1. The monoisotopic (exact) mass is 455 g/mol. The van der Waals surface area contributed by atoms with E-state index in [4.69, 9.17) is 9.15 Å². The summed E-state index contributed by atoms with van der Waals surface area (Å²) in [7, 11) is 1.62. The second-order valence-electron chi connectivity index (χ2n) is 8.09. The third-order valence-corrected chi connectivity index (χ3v) is 5.75. The van der Waals surface area contributed by atoms with Gasteiger partial charge in [0, 0.05) is 17.3 Å². The molecule has 0 bridgehead atoms. The van der Waals surface area contributed by atoms with Crippen LogP contribution in [0.4, 0.5) is 10.1 Å². The fourth-order valence-electron chi connectivity index (χ4n) is 3.98. The van der Waals surface area contributed by atoms with E-state index < -0.39 is 5.95 Å². The first-order chi connectivity index (χ1) is 16.5.